The van der Waals surface area contributed by atoms with Gasteiger partial charge in [0.1, 0.15) is 11.6 Å². The maximum atomic E-state index is 12.9. The van der Waals surface area contributed by atoms with Gasteiger partial charge in [-0.25, -0.2) is 8.78 Å². The SMILES string of the molecule is Fc1ccc([Si](Cl)(CCl)c2ccc(F)cc2)cc1. The quantitative estimate of drug-likeness (QED) is 0.464. The van der Waals surface area contributed by atoms with E-state index in [1.165, 1.54) is 24.3 Å². The van der Waals surface area contributed by atoms with Gasteiger partial charge in [0.05, 0.1) is 0 Å². The Morgan fingerprint density at radius 1 is 0.778 bits per heavy atom. The molecule has 0 nitrogen and oxygen atoms in total. The summed E-state index contributed by atoms with van der Waals surface area (Å²) in [5.41, 5.74) is 0.242. The lowest BCUT2D eigenvalue weighted by Gasteiger charge is -2.22. The lowest BCUT2D eigenvalue weighted by atomic mass is 10.3. The third kappa shape index (κ3) is 2.58. The molecule has 0 fully saturated rings. The molecule has 0 saturated carbocycles. The number of hydrogen-bond donors (Lipinski definition) is 0. The van der Waals surface area contributed by atoms with Crippen LogP contribution in [0.5, 0.6) is 0 Å². The van der Waals surface area contributed by atoms with Crippen LogP contribution in [0.4, 0.5) is 8.78 Å². The van der Waals surface area contributed by atoms with Gasteiger partial charge in [0.25, 0.3) is 0 Å². The molecule has 0 unspecified atom stereocenters. The Hall–Kier alpha value is -0.903. The second kappa shape index (κ2) is 5.39. The first-order valence-electron chi connectivity index (χ1n) is 5.33. The number of rotatable bonds is 3. The van der Waals surface area contributed by atoms with E-state index >= 15 is 0 Å². The number of hydrogen-bond acceptors (Lipinski definition) is 0. The Labute approximate surface area is 115 Å². The van der Waals surface area contributed by atoms with Crippen molar-refractivity contribution in [2.75, 3.05) is 5.50 Å². The summed E-state index contributed by atoms with van der Waals surface area (Å²) in [6.07, 6.45) is 0. The van der Waals surface area contributed by atoms with Crippen molar-refractivity contribution >= 4 is 40.4 Å². The molecule has 0 radical (unpaired) electrons. The molecule has 0 spiro atoms. The summed E-state index contributed by atoms with van der Waals surface area (Å²) in [5, 5.41) is 1.62. The molecule has 18 heavy (non-hydrogen) atoms. The molecule has 0 heterocycles. The number of alkyl halides is 1. The van der Waals surface area contributed by atoms with Gasteiger partial charge < -0.3 is 0 Å². The highest BCUT2D eigenvalue weighted by Gasteiger charge is 2.34. The summed E-state index contributed by atoms with van der Waals surface area (Å²) in [5.74, 6) is -0.638. The molecule has 0 aliphatic rings. The van der Waals surface area contributed by atoms with Gasteiger partial charge in [-0.05, 0) is 34.6 Å². The molecule has 0 bridgehead atoms. The zero-order valence-corrected chi connectivity index (χ0v) is 11.8. The first-order valence-corrected chi connectivity index (χ1v) is 9.08. The summed E-state index contributed by atoms with van der Waals surface area (Å²) in [6, 6.07) is 12.0. The van der Waals surface area contributed by atoms with Crippen molar-refractivity contribution in [3.05, 3.63) is 60.2 Å². The van der Waals surface area contributed by atoms with E-state index < -0.39 is 7.38 Å². The molecular weight excluding hydrogens is 293 g/mol. The van der Waals surface area contributed by atoms with Crippen LogP contribution in [0.2, 0.25) is 0 Å². The molecule has 0 aromatic heterocycles. The second-order valence-electron chi connectivity index (χ2n) is 3.95. The predicted octanol–water partition coefficient (Wildman–Crippen LogP) is 3.04. The van der Waals surface area contributed by atoms with Gasteiger partial charge in [0.15, 0.2) is 0 Å². The molecule has 2 aromatic rings. The first kappa shape index (κ1) is 13.5. The fourth-order valence-electron chi connectivity index (χ4n) is 1.75. The van der Waals surface area contributed by atoms with Crippen molar-refractivity contribution in [3.63, 3.8) is 0 Å². The van der Waals surface area contributed by atoms with E-state index in [-0.39, 0.29) is 17.1 Å². The molecule has 0 aliphatic carbocycles. The first-order chi connectivity index (χ1) is 8.56. The third-order valence-electron chi connectivity index (χ3n) is 2.79. The highest BCUT2D eigenvalue weighted by molar-refractivity contribution is 7.35. The molecule has 5 heteroatoms. The molecule has 2 rings (SSSR count). The van der Waals surface area contributed by atoms with Crippen molar-refractivity contribution in [1.82, 2.24) is 0 Å². The average molecular weight is 303 g/mol. The van der Waals surface area contributed by atoms with Crippen molar-refractivity contribution < 1.29 is 8.78 Å². The smallest absolute Gasteiger partial charge is 0.207 e. The van der Waals surface area contributed by atoms with Gasteiger partial charge in [0.2, 0.25) is 7.38 Å². The van der Waals surface area contributed by atoms with Crippen LogP contribution in [-0.4, -0.2) is 12.9 Å². The summed E-state index contributed by atoms with van der Waals surface area (Å²) in [4.78, 5) is 0. The summed E-state index contributed by atoms with van der Waals surface area (Å²) < 4.78 is 25.8. The molecule has 0 N–H and O–H groups in total. The molecular formula is C13H10Cl2F2Si. The maximum Gasteiger partial charge on any atom is 0.231 e. The van der Waals surface area contributed by atoms with E-state index in [4.69, 9.17) is 22.7 Å². The minimum atomic E-state index is -2.62. The standard InChI is InChI=1S/C13H10Cl2F2Si/c14-9-18(15,12-5-1-10(16)2-6-12)13-7-3-11(17)4-8-13/h1-8H,9H2. The highest BCUT2D eigenvalue weighted by atomic mass is 35.6. The van der Waals surface area contributed by atoms with E-state index in [9.17, 15) is 8.78 Å². The van der Waals surface area contributed by atoms with E-state index in [2.05, 4.69) is 0 Å². The van der Waals surface area contributed by atoms with Gasteiger partial charge in [-0.2, -0.15) is 11.1 Å². The van der Waals surface area contributed by atoms with E-state index in [1.54, 1.807) is 24.3 Å². The van der Waals surface area contributed by atoms with Crippen LogP contribution in [0.1, 0.15) is 0 Å². The minimum Gasteiger partial charge on any atom is -0.207 e. The van der Waals surface area contributed by atoms with Gasteiger partial charge >= 0.3 is 0 Å². The van der Waals surface area contributed by atoms with E-state index in [0.717, 1.165) is 10.4 Å². The Morgan fingerprint density at radius 3 is 1.39 bits per heavy atom. The van der Waals surface area contributed by atoms with Gasteiger partial charge in [-0.3, -0.25) is 0 Å². The van der Waals surface area contributed by atoms with E-state index in [0.29, 0.717) is 0 Å². The predicted molar refractivity (Wildman–Crippen MR) is 74.4 cm³/mol. The lowest BCUT2D eigenvalue weighted by molar-refractivity contribution is 0.628. The Kier molecular flexibility index (Phi) is 4.05. The van der Waals surface area contributed by atoms with Crippen molar-refractivity contribution in [1.29, 1.82) is 0 Å². The Bertz CT molecular complexity index is 480. The van der Waals surface area contributed by atoms with Crippen molar-refractivity contribution in [2.45, 2.75) is 0 Å². The van der Waals surface area contributed by atoms with Crippen molar-refractivity contribution in [3.8, 4) is 0 Å². The zero-order chi connectivity index (χ0) is 13.2. The lowest BCUT2D eigenvalue weighted by Crippen LogP contribution is -2.55. The molecule has 0 aliphatic heterocycles. The second-order valence-corrected chi connectivity index (χ2v) is 9.71. The molecule has 2 aromatic carbocycles. The maximum absolute atomic E-state index is 12.9. The van der Waals surface area contributed by atoms with Crippen LogP contribution >= 0.6 is 22.7 Å². The van der Waals surface area contributed by atoms with E-state index in [1.807, 2.05) is 0 Å². The van der Waals surface area contributed by atoms with Gasteiger partial charge in [-0.15, -0.1) is 11.6 Å². The Balaban J connectivity index is 2.47. The highest BCUT2D eigenvalue weighted by Crippen LogP contribution is 2.13. The molecule has 0 amide bonds. The van der Waals surface area contributed by atoms with Crippen LogP contribution < -0.4 is 10.4 Å². The van der Waals surface area contributed by atoms with Crippen LogP contribution in [0.3, 0.4) is 0 Å². The monoisotopic (exact) mass is 302 g/mol. The van der Waals surface area contributed by atoms with Gasteiger partial charge in [-0.1, -0.05) is 24.3 Å². The molecule has 0 atom stereocenters. The fourth-order valence-corrected chi connectivity index (χ4v) is 5.46. The topological polar surface area (TPSA) is 0 Å². The average Bonchev–Trinajstić information content (AvgIpc) is 2.39. The largest absolute Gasteiger partial charge is 0.231 e. The molecule has 94 valence electrons. The number of benzene rings is 2. The normalized spacial score (nSPS) is 11.6. The minimum absolute atomic E-state index is 0.242. The fraction of sp³-hybridized carbons (Fsp3) is 0.0769. The Morgan fingerprint density at radius 2 is 1.11 bits per heavy atom. The van der Waals surface area contributed by atoms with Gasteiger partial charge in [0, 0.05) is 5.50 Å². The van der Waals surface area contributed by atoms with Crippen LogP contribution in [0.25, 0.3) is 0 Å². The summed E-state index contributed by atoms with van der Waals surface area (Å²) >= 11 is 12.6. The van der Waals surface area contributed by atoms with Crippen LogP contribution in [0, 0.1) is 11.6 Å². The zero-order valence-electron chi connectivity index (χ0n) is 9.34. The number of halogens is 4. The summed E-state index contributed by atoms with van der Waals surface area (Å²) in [7, 11) is -2.62. The summed E-state index contributed by atoms with van der Waals surface area (Å²) in [6.45, 7) is 0. The van der Waals surface area contributed by atoms with Crippen LogP contribution in [0.15, 0.2) is 48.5 Å². The third-order valence-corrected chi connectivity index (χ3v) is 8.98. The van der Waals surface area contributed by atoms with Crippen LogP contribution in [-0.2, 0) is 0 Å². The van der Waals surface area contributed by atoms with Crippen molar-refractivity contribution in [2.24, 2.45) is 0 Å². The molecule has 0 saturated heterocycles.